The van der Waals surface area contributed by atoms with Gasteiger partial charge >= 0.3 is 29.6 Å². The Morgan fingerprint density at radius 2 is 1.92 bits per heavy atom. The van der Waals surface area contributed by atoms with Gasteiger partial charge in [-0.05, 0) is 30.9 Å². The quantitative estimate of drug-likeness (QED) is 0.544. The Balaban J connectivity index is 0.00000196. The molecule has 1 fully saturated rings. The van der Waals surface area contributed by atoms with E-state index in [2.05, 4.69) is 15.1 Å². The molecule has 1 aliphatic carbocycles. The fraction of sp³-hybridized carbons (Fsp3) is 0.278. The predicted octanol–water partition coefficient (Wildman–Crippen LogP) is -0.554. The Labute approximate surface area is 172 Å². The van der Waals surface area contributed by atoms with Crippen LogP contribution in [0.3, 0.4) is 0 Å². The Bertz CT molecular complexity index is 820. The van der Waals surface area contributed by atoms with Crippen LogP contribution in [0.1, 0.15) is 12.8 Å². The van der Waals surface area contributed by atoms with E-state index in [-0.39, 0.29) is 35.7 Å². The smallest absolute Gasteiger partial charge is 0.856 e. The SMILES string of the molecule is [Na+].[O-]c1cc(-c2cnc(O[C@H]3C[C@@H](COc4ccccc4)C3)cn2)on1. The van der Waals surface area contributed by atoms with Crippen molar-refractivity contribution in [2.75, 3.05) is 6.61 Å². The number of rotatable bonds is 6. The van der Waals surface area contributed by atoms with Crippen molar-refractivity contribution in [3.8, 4) is 29.0 Å². The average Bonchev–Trinajstić information content (AvgIpc) is 3.05. The molecule has 0 radical (unpaired) electrons. The van der Waals surface area contributed by atoms with Gasteiger partial charge in [-0.15, -0.1) is 0 Å². The van der Waals surface area contributed by atoms with E-state index in [4.69, 9.17) is 14.0 Å². The maximum Gasteiger partial charge on any atom is 1.00 e. The zero-order valence-electron chi connectivity index (χ0n) is 14.4. The summed E-state index contributed by atoms with van der Waals surface area (Å²) < 4.78 is 16.4. The Morgan fingerprint density at radius 1 is 1.12 bits per heavy atom. The van der Waals surface area contributed by atoms with Gasteiger partial charge in [0.25, 0.3) is 0 Å². The van der Waals surface area contributed by atoms with Crippen LogP contribution >= 0.6 is 0 Å². The Kier molecular flexibility index (Phi) is 6.13. The van der Waals surface area contributed by atoms with Crippen molar-refractivity contribution in [2.24, 2.45) is 5.92 Å². The fourth-order valence-electron chi connectivity index (χ4n) is 2.69. The van der Waals surface area contributed by atoms with Gasteiger partial charge in [0.15, 0.2) is 5.76 Å². The van der Waals surface area contributed by atoms with E-state index >= 15 is 0 Å². The molecule has 2 heterocycles. The first kappa shape index (κ1) is 18.7. The molecule has 26 heavy (non-hydrogen) atoms. The van der Waals surface area contributed by atoms with Gasteiger partial charge in [0.05, 0.1) is 19.0 Å². The number of ether oxygens (including phenoxy) is 2. The van der Waals surface area contributed by atoms with Gasteiger partial charge in [0.2, 0.25) is 5.88 Å². The Morgan fingerprint density at radius 3 is 2.58 bits per heavy atom. The first-order valence-corrected chi connectivity index (χ1v) is 8.07. The first-order valence-electron chi connectivity index (χ1n) is 8.07. The molecular formula is C18H16N3NaO4. The predicted molar refractivity (Wildman–Crippen MR) is 86.1 cm³/mol. The van der Waals surface area contributed by atoms with Gasteiger partial charge in [0, 0.05) is 11.9 Å². The third-order valence-corrected chi connectivity index (χ3v) is 4.08. The molecule has 0 atom stereocenters. The molecule has 128 valence electrons. The van der Waals surface area contributed by atoms with Crippen molar-refractivity contribution in [3.63, 3.8) is 0 Å². The maximum atomic E-state index is 11.0. The van der Waals surface area contributed by atoms with Gasteiger partial charge in [-0.1, -0.05) is 23.4 Å². The molecule has 0 spiro atoms. The molecule has 4 rings (SSSR count). The summed E-state index contributed by atoms with van der Waals surface area (Å²) in [6.45, 7) is 0.692. The summed E-state index contributed by atoms with van der Waals surface area (Å²) in [6, 6.07) is 11.1. The molecule has 8 heteroatoms. The van der Waals surface area contributed by atoms with Crippen LogP contribution in [0.25, 0.3) is 11.5 Å². The summed E-state index contributed by atoms with van der Waals surface area (Å²) in [5.41, 5.74) is 0.449. The van der Waals surface area contributed by atoms with Gasteiger partial charge in [-0.3, -0.25) is 0 Å². The van der Waals surface area contributed by atoms with E-state index < -0.39 is 5.88 Å². The summed E-state index contributed by atoms with van der Waals surface area (Å²) in [7, 11) is 0. The summed E-state index contributed by atoms with van der Waals surface area (Å²) in [5.74, 6) is 1.70. The first-order chi connectivity index (χ1) is 12.3. The molecule has 0 amide bonds. The van der Waals surface area contributed by atoms with E-state index in [1.165, 1.54) is 18.5 Å². The second-order valence-electron chi connectivity index (χ2n) is 5.97. The number of nitrogens with zero attached hydrogens (tertiary/aromatic N) is 3. The second kappa shape index (κ2) is 8.53. The van der Waals surface area contributed by atoms with E-state index in [1.54, 1.807) is 0 Å². The summed E-state index contributed by atoms with van der Waals surface area (Å²) >= 11 is 0. The monoisotopic (exact) mass is 361 g/mol. The van der Waals surface area contributed by atoms with Gasteiger partial charge in [0.1, 0.15) is 17.5 Å². The van der Waals surface area contributed by atoms with E-state index in [0.29, 0.717) is 29.9 Å². The van der Waals surface area contributed by atoms with E-state index in [0.717, 1.165) is 18.6 Å². The van der Waals surface area contributed by atoms with Crippen molar-refractivity contribution in [2.45, 2.75) is 18.9 Å². The molecule has 2 aromatic heterocycles. The normalized spacial score (nSPS) is 18.5. The molecule has 0 N–H and O–H groups in total. The molecule has 1 aromatic carbocycles. The summed E-state index contributed by atoms with van der Waals surface area (Å²) in [5, 5.41) is 14.3. The molecular weight excluding hydrogens is 345 g/mol. The molecule has 7 nitrogen and oxygen atoms in total. The number of aromatic nitrogens is 3. The number of hydrogen-bond acceptors (Lipinski definition) is 7. The van der Waals surface area contributed by atoms with Crippen molar-refractivity contribution in [1.82, 2.24) is 15.1 Å². The number of hydrogen-bond donors (Lipinski definition) is 0. The minimum absolute atomic E-state index is 0. The van der Waals surface area contributed by atoms with E-state index in [9.17, 15) is 5.11 Å². The van der Waals surface area contributed by atoms with Crippen molar-refractivity contribution >= 4 is 0 Å². The zero-order valence-corrected chi connectivity index (χ0v) is 16.4. The van der Waals surface area contributed by atoms with Crippen molar-refractivity contribution in [1.29, 1.82) is 0 Å². The number of benzene rings is 1. The Hall–Kier alpha value is -2.09. The van der Waals surface area contributed by atoms with Crippen LogP contribution in [0.5, 0.6) is 17.5 Å². The van der Waals surface area contributed by atoms with Gasteiger partial charge in [-0.25, -0.2) is 9.97 Å². The number of para-hydroxylation sites is 1. The molecule has 1 aliphatic rings. The third kappa shape index (κ3) is 4.55. The van der Waals surface area contributed by atoms with Crippen LogP contribution in [0.2, 0.25) is 0 Å². The molecule has 1 saturated carbocycles. The molecule has 3 aromatic rings. The van der Waals surface area contributed by atoms with Gasteiger partial charge in [-0.2, -0.15) is 0 Å². The second-order valence-corrected chi connectivity index (χ2v) is 5.97. The van der Waals surface area contributed by atoms with Crippen LogP contribution in [-0.4, -0.2) is 27.8 Å². The van der Waals surface area contributed by atoms with Crippen LogP contribution < -0.4 is 44.1 Å². The zero-order chi connectivity index (χ0) is 17.1. The van der Waals surface area contributed by atoms with Crippen molar-refractivity contribution < 1.29 is 48.7 Å². The largest absolute Gasteiger partial charge is 1.00 e. The average molecular weight is 361 g/mol. The van der Waals surface area contributed by atoms with Crippen LogP contribution in [0, 0.1) is 5.92 Å². The topological polar surface area (TPSA) is 93.3 Å². The molecule has 0 unspecified atom stereocenters. The van der Waals surface area contributed by atoms with Gasteiger partial charge < -0.3 is 19.1 Å². The van der Waals surface area contributed by atoms with Crippen molar-refractivity contribution in [3.05, 3.63) is 48.8 Å². The standard InChI is InChI=1S/C18H17N3O4.Na/c22-17-8-16(25-21-17)15-9-20-18(10-19-15)24-14-6-12(7-14)11-23-13-4-2-1-3-5-13;/h1-5,8-10,12,14H,6-7,11H2,(H,21,22);/q;+1/p-1/t12-,14+;. The summed E-state index contributed by atoms with van der Waals surface area (Å²) in [4.78, 5) is 8.38. The van der Waals surface area contributed by atoms with Crippen LogP contribution in [0.4, 0.5) is 0 Å². The third-order valence-electron chi connectivity index (χ3n) is 4.08. The maximum absolute atomic E-state index is 11.0. The molecule has 0 saturated heterocycles. The van der Waals surface area contributed by atoms with E-state index in [1.807, 2.05) is 30.3 Å². The van der Waals surface area contributed by atoms with Crippen LogP contribution in [-0.2, 0) is 0 Å². The molecule has 0 aliphatic heterocycles. The fourth-order valence-corrected chi connectivity index (χ4v) is 2.69. The molecule has 0 bridgehead atoms. The van der Waals surface area contributed by atoms with Crippen LogP contribution in [0.15, 0.2) is 53.3 Å². The minimum Gasteiger partial charge on any atom is -0.856 e. The minimum atomic E-state index is -0.435. The summed E-state index contributed by atoms with van der Waals surface area (Å²) in [6.07, 6.45) is 5.01.